The molecule has 130 valence electrons. The van der Waals surface area contributed by atoms with Crippen molar-refractivity contribution >= 4 is 22.5 Å². The van der Waals surface area contributed by atoms with Crippen molar-refractivity contribution in [2.24, 2.45) is 0 Å². The van der Waals surface area contributed by atoms with Crippen molar-refractivity contribution in [3.8, 4) is 5.75 Å². The van der Waals surface area contributed by atoms with Crippen LogP contribution in [0.2, 0.25) is 0 Å². The maximum Gasteiger partial charge on any atom is 0.277 e. The molecule has 4 nitrogen and oxygen atoms in total. The molecular formula is C20H15FN2O2S. The Morgan fingerprint density at radius 1 is 0.923 bits per heavy atom. The molecule has 0 saturated carbocycles. The molecule has 0 bridgehead atoms. The molecule has 3 aromatic carbocycles. The topological polar surface area (TPSA) is 48.2 Å². The fourth-order valence-electron chi connectivity index (χ4n) is 2.51. The molecular weight excluding hydrogens is 351 g/mol. The van der Waals surface area contributed by atoms with E-state index < -0.39 is 0 Å². The largest absolute Gasteiger partial charge is 0.484 e. The zero-order chi connectivity index (χ0) is 17.8. The van der Waals surface area contributed by atoms with Gasteiger partial charge in [-0.25, -0.2) is 4.39 Å². The van der Waals surface area contributed by atoms with Gasteiger partial charge in [-0.3, -0.25) is 0 Å². The standard InChI is InChI=1S/C20H15FN2O2S/c21-18-8-4-3-7-16(18)13-26-20-23-22-19(25-20)12-24-17-10-9-14-5-1-2-6-15(14)11-17/h1-11H,12-13H2. The van der Waals surface area contributed by atoms with E-state index in [4.69, 9.17) is 9.15 Å². The minimum atomic E-state index is -0.237. The first-order chi connectivity index (χ1) is 12.8. The molecule has 0 spiro atoms. The van der Waals surface area contributed by atoms with E-state index in [0.29, 0.717) is 22.4 Å². The quantitative estimate of drug-likeness (QED) is 0.437. The molecule has 0 radical (unpaired) electrons. The van der Waals surface area contributed by atoms with E-state index in [2.05, 4.69) is 16.3 Å². The Kier molecular flexibility index (Phi) is 4.84. The number of fused-ring (bicyclic) bond motifs is 1. The van der Waals surface area contributed by atoms with Crippen molar-refractivity contribution in [1.29, 1.82) is 0 Å². The molecule has 0 aliphatic heterocycles. The predicted molar refractivity (Wildman–Crippen MR) is 98.5 cm³/mol. The second-order valence-electron chi connectivity index (χ2n) is 5.64. The molecule has 1 aromatic heterocycles. The van der Waals surface area contributed by atoms with Crippen LogP contribution in [0.4, 0.5) is 4.39 Å². The Morgan fingerprint density at radius 3 is 2.62 bits per heavy atom. The first kappa shape index (κ1) is 16.6. The average Bonchev–Trinajstić information content (AvgIpc) is 3.13. The molecule has 4 aromatic rings. The molecule has 0 amide bonds. The van der Waals surface area contributed by atoms with Crippen LogP contribution in [0.15, 0.2) is 76.4 Å². The summed E-state index contributed by atoms with van der Waals surface area (Å²) in [7, 11) is 0. The monoisotopic (exact) mass is 366 g/mol. The third-order valence-electron chi connectivity index (χ3n) is 3.84. The molecule has 0 aliphatic rings. The lowest BCUT2D eigenvalue weighted by atomic mass is 10.1. The van der Waals surface area contributed by atoms with E-state index >= 15 is 0 Å². The van der Waals surface area contributed by atoms with Gasteiger partial charge >= 0.3 is 0 Å². The minimum Gasteiger partial charge on any atom is -0.484 e. The van der Waals surface area contributed by atoms with Crippen LogP contribution in [0.5, 0.6) is 5.75 Å². The molecule has 0 aliphatic carbocycles. The van der Waals surface area contributed by atoms with Crippen LogP contribution < -0.4 is 4.74 Å². The summed E-state index contributed by atoms with van der Waals surface area (Å²) < 4.78 is 24.9. The first-order valence-corrected chi connectivity index (χ1v) is 9.07. The number of benzene rings is 3. The van der Waals surface area contributed by atoms with E-state index in [9.17, 15) is 4.39 Å². The molecule has 4 rings (SSSR count). The van der Waals surface area contributed by atoms with E-state index in [-0.39, 0.29) is 12.4 Å². The lowest BCUT2D eigenvalue weighted by molar-refractivity contribution is 0.252. The molecule has 0 atom stereocenters. The summed E-state index contributed by atoms with van der Waals surface area (Å²) in [6, 6.07) is 20.6. The highest BCUT2D eigenvalue weighted by Gasteiger charge is 2.09. The summed E-state index contributed by atoms with van der Waals surface area (Å²) in [5.41, 5.74) is 0.602. The Labute approximate surface area is 154 Å². The van der Waals surface area contributed by atoms with E-state index in [1.807, 2.05) is 36.4 Å². The summed E-state index contributed by atoms with van der Waals surface area (Å²) in [4.78, 5) is 0. The summed E-state index contributed by atoms with van der Waals surface area (Å²) in [5.74, 6) is 1.32. The number of nitrogens with zero attached hydrogens (tertiary/aromatic N) is 2. The van der Waals surface area contributed by atoms with Crippen LogP contribution in [0, 0.1) is 5.82 Å². The van der Waals surface area contributed by atoms with Crippen molar-refractivity contribution < 1.29 is 13.5 Å². The highest BCUT2D eigenvalue weighted by Crippen LogP contribution is 2.24. The maximum absolute atomic E-state index is 13.6. The number of aromatic nitrogens is 2. The highest BCUT2D eigenvalue weighted by atomic mass is 32.2. The predicted octanol–water partition coefficient (Wildman–Crippen LogP) is 5.23. The summed E-state index contributed by atoms with van der Waals surface area (Å²) in [6.07, 6.45) is 0. The zero-order valence-electron chi connectivity index (χ0n) is 13.8. The maximum atomic E-state index is 13.6. The smallest absolute Gasteiger partial charge is 0.277 e. The van der Waals surface area contributed by atoms with Crippen LogP contribution in [0.25, 0.3) is 10.8 Å². The van der Waals surface area contributed by atoms with Gasteiger partial charge in [0.2, 0.25) is 0 Å². The van der Waals surface area contributed by atoms with Gasteiger partial charge in [0.15, 0.2) is 6.61 Å². The second kappa shape index (κ2) is 7.58. The molecule has 0 N–H and O–H groups in total. The fourth-order valence-corrected chi connectivity index (χ4v) is 3.28. The van der Waals surface area contributed by atoms with Crippen LogP contribution >= 0.6 is 11.8 Å². The molecule has 26 heavy (non-hydrogen) atoms. The fraction of sp³-hybridized carbons (Fsp3) is 0.100. The summed E-state index contributed by atoms with van der Waals surface area (Å²) in [6.45, 7) is 0.186. The minimum absolute atomic E-state index is 0.186. The van der Waals surface area contributed by atoms with E-state index in [1.165, 1.54) is 17.8 Å². The van der Waals surface area contributed by atoms with Crippen LogP contribution in [-0.4, -0.2) is 10.2 Å². The van der Waals surface area contributed by atoms with Gasteiger partial charge in [0.25, 0.3) is 11.1 Å². The Bertz CT molecular complexity index is 1030. The molecule has 1 heterocycles. The van der Waals surface area contributed by atoms with Crippen LogP contribution in [0.1, 0.15) is 11.5 Å². The Hall–Kier alpha value is -2.86. The number of hydrogen-bond donors (Lipinski definition) is 0. The molecule has 0 unspecified atom stereocenters. The number of ether oxygens (including phenoxy) is 1. The van der Waals surface area contributed by atoms with Crippen LogP contribution in [-0.2, 0) is 12.4 Å². The van der Waals surface area contributed by atoms with Gasteiger partial charge in [-0.05, 0) is 34.5 Å². The number of thioether (sulfide) groups is 1. The van der Waals surface area contributed by atoms with Crippen molar-refractivity contribution in [3.63, 3.8) is 0 Å². The van der Waals surface area contributed by atoms with Crippen molar-refractivity contribution in [1.82, 2.24) is 10.2 Å². The lowest BCUT2D eigenvalue weighted by Gasteiger charge is -2.04. The normalized spacial score (nSPS) is 11.0. The van der Waals surface area contributed by atoms with Gasteiger partial charge < -0.3 is 9.15 Å². The van der Waals surface area contributed by atoms with Crippen molar-refractivity contribution in [2.75, 3.05) is 0 Å². The lowest BCUT2D eigenvalue weighted by Crippen LogP contribution is -1.95. The summed E-state index contributed by atoms with van der Waals surface area (Å²) >= 11 is 1.30. The van der Waals surface area contributed by atoms with Crippen molar-refractivity contribution in [2.45, 2.75) is 17.6 Å². The third kappa shape index (κ3) is 3.86. The van der Waals surface area contributed by atoms with Crippen LogP contribution in [0.3, 0.4) is 0 Å². The van der Waals surface area contributed by atoms with E-state index in [0.717, 1.165) is 16.5 Å². The molecule has 0 fully saturated rings. The van der Waals surface area contributed by atoms with E-state index in [1.54, 1.807) is 18.2 Å². The van der Waals surface area contributed by atoms with Gasteiger partial charge in [-0.15, -0.1) is 10.2 Å². The second-order valence-corrected chi connectivity index (χ2v) is 6.57. The first-order valence-electron chi connectivity index (χ1n) is 8.08. The van der Waals surface area contributed by atoms with Crippen molar-refractivity contribution in [3.05, 3.63) is 84.0 Å². The van der Waals surface area contributed by atoms with Gasteiger partial charge in [-0.1, -0.05) is 60.3 Å². The van der Waals surface area contributed by atoms with Gasteiger partial charge in [-0.2, -0.15) is 0 Å². The number of rotatable bonds is 6. The third-order valence-corrected chi connectivity index (χ3v) is 4.71. The highest BCUT2D eigenvalue weighted by molar-refractivity contribution is 7.98. The van der Waals surface area contributed by atoms with Gasteiger partial charge in [0.1, 0.15) is 11.6 Å². The zero-order valence-corrected chi connectivity index (χ0v) is 14.6. The SMILES string of the molecule is Fc1ccccc1CSc1nnc(COc2ccc3ccccc3c2)o1. The molecule has 0 saturated heterocycles. The average molecular weight is 366 g/mol. The Balaban J connectivity index is 1.36. The number of halogens is 1. The van der Waals surface area contributed by atoms with Gasteiger partial charge in [0.05, 0.1) is 0 Å². The Morgan fingerprint density at radius 2 is 1.73 bits per heavy atom. The number of hydrogen-bond acceptors (Lipinski definition) is 5. The molecule has 6 heteroatoms. The van der Waals surface area contributed by atoms with Gasteiger partial charge in [0, 0.05) is 5.75 Å². The summed E-state index contributed by atoms with van der Waals surface area (Å²) in [5, 5.41) is 10.6.